The molecule has 2 N–H and O–H groups in total. The number of para-hydroxylation sites is 1. The second kappa shape index (κ2) is 9.37. The van der Waals surface area contributed by atoms with Gasteiger partial charge >= 0.3 is 0 Å². The van der Waals surface area contributed by atoms with Crippen LogP contribution in [0.25, 0.3) is 6.08 Å². The van der Waals surface area contributed by atoms with E-state index in [0.717, 1.165) is 11.3 Å². The molecule has 3 aromatic rings. The van der Waals surface area contributed by atoms with E-state index in [9.17, 15) is 9.59 Å². The average Bonchev–Trinajstić information content (AvgIpc) is 2.75. The third-order valence-electron chi connectivity index (χ3n) is 4.28. The molecule has 5 nitrogen and oxygen atoms in total. The van der Waals surface area contributed by atoms with Crippen molar-refractivity contribution in [3.05, 3.63) is 102 Å². The van der Waals surface area contributed by atoms with E-state index >= 15 is 0 Å². The zero-order valence-corrected chi connectivity index (χ0v) is 16.4. The lowest BCUT2D eigenvalue weighted by Crippen LogP contribution is -2.30. The summed E-state index contributed by atoms with van der Waals surface area (Å²) in [7, 11) is 3.92. The molecule has 0 atom stereocenters. The van der Waals surface area contributed by atoms with Crippen LogP contribution in [0.1, 0.15) is 15.9 Å². The number of hydrogen-bond acceptors (Lipinski definition) is 3. The maximum Gasteiger partial charge on any atom is 0.272 e. The van der Waals surface area contributed by atoms with E-state index in [1.165, 1.54) is 0 Å². The minimum Gasteiger partial charge on any atom is -0.378 e. The number of benzene rings is 3. The number of hydrogen-bond donors (Lipinski definition) is 2. The summed E-state index contributed by atoms with van der Waals surface area (Å²) in [6.45, 7) is 0. The first-order chi connectivity index (χ1) is 14.0. The Morgan fingerprint density at radius 3 is 1.97 bits per heavy atom. The number of anilines is 2. The number of carbonyl (C=O) groups is 2. The SMILES string of the molecule is CN(C)c1ccc(/C=C(/NC(=O)c2ccccc2)C(=O)Nc2ccccc2)cc1. The van der Waals surface area contributed by atoms with Crippen molar-refractivity contribution in [3.63, 3.8) is 0 Å². The van der Waals surface area contributed by atoms with Gasteiger partial charge in [-0.05, 0) is 48.0 Å². The second-order valence-corrected chi connectivity index (χ2v) is 6.68. The molecule has 0 heterocycles. The quantitative estimate of drug-likeness (QED) is 0.626. The molecule has 146 valence electrons. The molecule has 0 fully saturated rings. The van der Waals surface area contributed by atoms with Crippen molar-refractivity contribution in [2.24, 2.45) is 0 Å². The summed E-state index contributed by atoms with van der Waals surface area (Å²) in [4.78, 5) is 27.5. The fourth-order valence-corrected chi connectivity index (χ4v) is 2.70. The number of nitrogens with zero attached hydrogens (tertiary/aromatic N) is 1. The van der Waals surface area contributed by atoms with Crippen LogP contribution >= 0.6 is 0 Å². The van der Waals surface area contributed by atoms with Gasteiger partial charge < -0.3 is 15.5 Å². The number of amides is 2. The fourth-order valence-electron chi connectivity index (χ4n) is 2.70. The molecule has 0 spiro atoms. The Morgan fingerprint density at radius 2 is 1.38 bits per heavy atom. The molecule has 0 aromatic heterocycles. The molecule has 0 saturated carbocycles. The first kappa shape index (κ1) is 19.9. The summed E-state index contributed by atoms with van der Waals surface area (Å²) in [6.07, 6.45) is 1.67. The Kier molecular flexibility index (Phi) is 6.43. The maximum absolute atomic E-state index is 12.9. The Hall–Kier alpha value is -3.86. The topological polar surface area (TPSA) is 61.4 Å². The van der Waals surface area contributed by atoms with Gasteiger partial charge in [-0.2, -0.15) is 0 Å². The van der Waals surface area contributed by atoms with Crippen LogP contribution in [0.4, 0.5) is 11.4 Å². The smallest absolute Gasteiger partial charge is 0.272 e. The second-order valence-electron chi connectivity index (χ2n) is 6.68. The largest absolute Gasteiger partial charge is 0.378 e. The Balaban J connectivity index is 1.87. The van der Waals surface area contributed by atoms with Gasteiger partial charge in [-0.15, -0.1) is 0 Å². The summed E-state index contributed by atoms with van der Waals surface area (Å²) in [5.74, 6) is -0.734. The van der Waals surface area contributed by atoms with Crippen LogP contribution in [-0.4, -0.2) is 25.9 Å². The number of carbonyl (C=O) groups excluding carboxylic acids is 2. The number of rotatable bonds is 6. The highest BCUT2D eigenvalue weighted by Crippen LogP contribution is 2.15. The van der Waals surface area contributed by atoms with Crippen LogP contribution in [0.15, 0.2) is 90.6 Å². The summed E-state index contributed by atoms with van der Waals surface area (Å²) < 4.78 is 0. The van der Waals surface area contributed by atoms with Crippen molar-refractivity contribution in [1.82, 2.24) is 5.32 Å². The van der Waals surface area contributed by atoms with Gasteiger partial charge in [-0.25, -0.2) is 0 Å². The highest BCUT2D eigenvalue weighted by Gasteiger charge is 2.15. The van der Waals surface area contributed by atoms with Gasteiger partial charge in [0.15, 0.2) is 0 Å². The normalized spacial score (nSPS) is 10.9. The van der Waals surface area contributed by atoms with Gasteiger partial charge in [0.05, 0.1) is 0 Å². The standard InChI is InChI=1S/C24H23N3O2/c1-27(2)21-15-13-18(14-16-21)17-22(24(29)25-20-11-7-4-8-12-20)26-23(28)19-9-5-3-6-10-19/h3-17H,1-2H3,(H,25,29)(H,26,28)/b22-17+. The van der Waals surface area contributed by atoms with Crippen LogP contribution in [0.2, 0.25) is 0 Å². The lowest BCUT2D eigenvalue weighted by atomic mass is 10.1. The van der Waals surface area contributed by atoms with Crippen LogP contribution in [0.5, 0.6) is 0 Å². The van der Waals surface area contributed by atoms with Gasteiger partial charge in [-0.1, -0.05) is 48.5 Å². The average molecular weight is 385 g/mol. The Labute approximate surface area is 170 Å². The minimum absolute atomic E-state index is 0.167. The van der Waals surface area contributed by atoms with Gasteiger partial charge in [0.2, 0.25) is 0 Å². The van der Waals surface area contributed by atoms with Gasteiger partial charge in [0.1, 0.15) is 5.70 Å². The van der Waals surface area contributed by atoms with Crippen molar-refractivity contribution < 1.29 is 9.59 Å². The van der Waals surface area contributed by atoms with E-state index in [4.69, 9.17) is 0 Å². The van der Waals surface area contributed by atoms with Crippen LogP contribution in [0, 0.1) is 0 Å². The molecule has 0 unspecified atom stereocenters. The molecule has 5 heteroatoms. The van der Waals surface area contributed by atoms with Crippen molar-refractivity contribution in [3.8, 4) is 0 Å². The van der Waals surface area contributed by atoms with E-state index < -0.39 is 5.91 Å². The van der Waals surface area contributed by atoms with Crippen molar-refractivity contribution in [2.45, 2.75) is 0 Å². The van der Waals surface area contributed by atoms with Crippen LogP contribution in [0.3, 0.4) is 0 Å². The molecule has 3 aromatic carbocycles. The molecule has 29 heavy (non-hydrogen) atoms. The van der Waals surface area contributed by atoms with E-state index in [1.54, 1.807) is 42.5 Å². The summed E-state index contributed by atoms with van der Waals surface area (Å²) in [5, 5.41) is 5.56. The Bertz CT molecular complexity index is 995. The third kappa shape index (κ3) is 5.56. The summed E-state index contributed by atoms with van der Waals surface area (Å²) in [5.41, 5.74) is 3.16. The summed E-state index contributed by atoms with van der Waals surface area (Å²) in [6, 6.07) is 25.6. The highest BCUT2D eigenvalue weighted by molar-refractivity contribution is 6.10. The molecule has 0 radical (unpaired) electrons. The highest BCUT2D eigenvalue weighted by atomic mass is 16.2. The van der Waals surface area contributed by atoms with E-state index in [-0.39, 0.29) is 11.6 Å². The van der Waals surface area contributed by atoms with Crippen LogP contribution < -0.4 is 15.5 Å². The predicted octanol–water partition coefficient (Wildman–Crippen LogP) is 4.16. The van der Waals surface area contributed by atoms with Gasteiger partial charge in [0.25, 0.3) is 11.8 Å². The molecule has 0 aliphatic heterocycles. The molecular formula is C24H23N3O2. The van der Waals surface area contributed by atoms with E-state index in [2.05, 4.69) is 10.6 Å². The molecule has 0 saturated heterocycles. The molecule has 0 aliphatic carbocycles. The Morgan fingerprint density at radius 1 is 0.793 bits per heavy atom. The van der Waals surface area contributed by atoms with Gasteiger partial charge in [-0.3, -0.25) is 9.59 Å². The molecule has 0 bridgehead atoms. The lowest BCUT2D eigenvalue weighted by Gasteiger charge is -2.13. The van der Waals surface area contributed by atoms with Crippen molar-refractivity contribution >= 4 is 29.3 Å². The molecule has 0 aliphatic rings. The number of nitrogens with one attached hydrogen (secondary N) is 2. The van der Waals surface area contributed by atoms with E-state index in [1.807, 2.05) is 67.5 Å². The lowest BCUT2D eigenvalue weighted by molar-refractivity contribution is -0.113. The maximum atomic E-state index is 12.9. The van der Waals surface area contributed by atoms with Gasteiger partial charge in [0, 0.05) is 31.0 Å². The predicted molar refractivity (Wildman–Crippen MR) is 118 cm³/mol. The first-order valence-corrected chi connectivity index (χ1v) is 9.25. The zero-order valence-electron chi connectivity index (χ0n) is 16.4. The minimum atomic E-state index is -0.392. The third-order valence-corrected chi connectivity index (χ3v) is 4.28. The molecule has 3 rings (SSSR count). The van der Waals surface area contributed by atoms with Crippen molar-refractivity contribution in [1.29, 1.82) is 0 Å². The fraction of sp³-hybridized carbons (Fsp3) is 0.0833. The van der Waals surface area contributed by atoms with Crippen LogP contribution in [-0.2, 0) is 4.79 Å². The molecule has 2 amide bonds. The summed E-state index contributed by atoms with van der Waals surface area (Å²) >= 11 is 0. The first-order valence-electron chi connectivity index (χ1n) is 9.25. The molecular weight excluding hydrogens is 362 g/mol. The monoisotopic (exact) mass is 385 g/mol. The van der Waals surface area contributed by atoms with E-state index in [0.29, 0.717) is 11.3 Å². The van der Waals surface area contributed by atoms with Crippen molar-refractivity contribution in [2.75, 3.05) is 24.3 Å². The zero-order chi connectivity index (χ0) is 20.6.